The number of esters is 1. The zero-order valence-electron chi connectivity index (χ0n) is 24.8. The van der Waals surface area contributed by atoms with Crippen molar-refractivity contribution in [3.8, 4) is 39.4 Å². The van der Waals surface area contributed by atoms with Gasteiger partial charge in [0.2, 0.25) is 10.0 Å². The van der Waals surface area contributed by atoms with Gasteiger partial charge in [0, 0.05) is 49.7 Å². The van der Waals surface area contributed by atoms with E-state index in [1.54, 1.807) is 61.8 Å². The van der Waals surface area contributed by atoms with E-state index in [9.17, 15) is 13.2 Å². The van der Waals surface area contributed by atoms with Crippen LogP contribution in [0, 0.1) is 0 Å². The lowest BCUT2D eigenvalue weighted by Gasteiger charge is -2.31. The third-order valence-electron chi connectivity index (χ3n) is 7.61. The SMILES string of the molecule is CCOC(=O)c1nnc2c(-c3ccc(Cl)c(OC)c3)c(-c3ccncc3)nn2c1-c1cccc(S(=O)(=O)N2CCN(C)CC2)c1. The van der Waals surface area contributed by atoms with Crippen molar-refractivity contribution in [3.05, 3.63) is 77.7 Å². The van der Waals surface area contributed by atoms with Gasteiger partial charge in [-0.3, -0.25) is 4.98 Å². The highest BCUT2D eigenvalue weighted by molar-refractivity contribution is 7.89. The van der Waals surface area contributed by atoms with Crippen LogP contribution in [0.3, 0.4) is 0 Å². The first-order chi connectivity index (χ1) is 21.7. The maximum atomic E-state index is 13.7. The molecule has 1 fully saturated rings. The molecule has 12 nitrogen and oxygen atoms in total. The molecule has 5 aromatic rings. The molecule has 0 unspecified atom stereocenters. The summed E-state index contributed by atoms with van der Waals surface area (Å²) < 4.78 is 41.2. The van der Waals surface area contributed by atoms with Crippen LogP contribution in [0.1, 0.15) is 17.4 Å². The molecule has 1 aliphatic rings. The van der Waals surface area contributed by atoms with Crippen LogP contribution in [0.25, 0.3) is 39.3 Å². The second kappa shape index (κ2) is 12.5. The van der Waals surface area contributed by atoms with Gasteiger partial charge in [-0.15, -0.1) is 10.2 Å². The fourth-order valence-corrected chi connectivity index (χ4v) is 6.94. The van der Waals surface area contributed by atoms with E-state index in [4.69, 9.17) is 26.2 Å². The summed E-state index contributed by atoms with van der Waals surface area (Å²) in [6, 6.07) is 15.3. The molecular formula is C31H30ClN7O5S. The van der Waals surface area contributed by atoms with Gasteiger partial charge < -0.3 is 14.4 Å². The lowest BCUT2D eigenvalue weighted by atomic mass is 10.0. The monoisotopic (exact) mass is 647 g/mol. The van der Waals surface area contributed by atoms with Crippen LogP contribution >= 0.6 is 11.6 Å². The van der Waals surface area contributed by atoms with Crippen LogP contribution < -0.4 is 4.74 Å². The predicted molar refractivity (Wildman–Crippen MR) is 169 cm³/mol. The fourth-order valence-electron chi connectivity index (χ4n) is 5.27. The Hall–Kier alpha value is -4.43. The summed E-state index contributed by atoms with van der Waals surface area (Å²) in [5, 5.41) is 14.2. The number of aromatic nitrogens is 5. The second-order valence-electron chi connectivity index (χ2n) is 10.4. The van der Waals surface area contributed by atoms with Gasteiger partial charge in [0.25, 0.3) is 0 Å². The Balaban J connectivity index is 1.62. The first-order valence-electron chi connectivity index (χ1n) is 14.2. The van der Waals surface area contributed by atoms with Crippen LogP contribution in [0.15, 0.2) is 71.9 Å². The average molecular weight is 648 g/mol. The maximum absolute atomic E-state index is 13.7. The molecule has 0 amide bonds. The molecular weight excluding hydrogens is 618 g/mol. The zero-order valence-corrected chi connectivity index (χ0v) is 26.4. The Morgan fingerprint density at radius 3 is 2.42 bits per heavy atom. The van der Waals surface area contributed by atoms with Gasteiger partial charge in [-0.2, -0.15) is 9.40 Å². The number of ether oxygens (including phenoxy) is 2. The van der Waals surface area contributed by atoms with E-state index >= 15 is 0 Å². The van der Waals surface area contributed by atoms with Crippen molar-refractivity contribution >= 4 is 33.2 Å². The molecule has 232 valence electrons. The molecule has 6 rings (SSSR count). The number of pyridine rings is 1. The number of hydrogen-bond acceptors (Lipinski definition) is 10. The minimum atomic E-state index is -3.82. The van der Waals surface area contributed by atoms with Crippen molar-refractivity contribution in [3.63, 3.8) is 0 Å². The minimum absolute atomic E-state index is 0.0912. The number of carbonyl (C=O) groups is 1. The number of halogens is 1. The first kappa shape index (κ1) is 30.6. The number of likely N-dealkylation sites (N-methyl/N-ethyl adjacent to an activating group) is 1. The molecule has 1 aliphatic heterocycles. The van der Waals surface area contributed by atoms with Crippen molar-refractivity contribution in [2.75, 3.05) is 46.9 Å². The van der Waals surface area contributed by atoms with E-state index in [1.807, 2.05) is 13.1 Å². The molecule has 0 saturated carbocycles. The molecule has 0 aliphatic carbocycles. The van der Waals surface area contributed by atoms with Crippen LogP contribution in [0.4, 0.5) is 0 Å². The van der Waals surface area contributed by atoms with Crippen LogP contribution in [0.5, 0.6) is 5.75 Å². The number of carbonyl (C=O) groups excluding carboxylic acids is 1. The molecule has 0 spiro atoms. The van der Waals surface area contributed by atoms with Gasteiger partial charge in [-0.25, -0.2) is 17.7 Å². The van der Waals surface area contributed by atoms with E-state index in [1.165, 1.54) is 22.0 Å². The van der Waals surface area contributed by atoms with Crippen molar-refractivity contribution in [2.24, 2.45) is 0 Å². The Morgan fingerprint density at radius 1 is 0.956 bits per heavy atom. The summed E-state index contributed by atoms with van der Waals surface area (Å²) in [7, 11) is -0.336. The summed E-state index contributed by atoms with van der Waals surface area (Å²) in [4.78, 5) is 19.6. The Morgan fingerprint density at radius 2 is 1.71 bits per heavy atom. The van der Waals surface area contributed by atoms with E-state index in [0.29, 0.717) is 65.0 Å². The summed E-state index contributed by atoms with van der Waals surface area (Å²) >= 11 is 6.35. The highest BCUT2D eigenvalue weighted by Crippen LogP contribution is 2.39. The van der Waals surface area contributed by atoms with Crippen molar-refractivity contribution < 1.29 is 22.7 Å². The number of methoxy groups -OCH3 is 1. The van der Waals surface area contributed by atoms with E-state index in [2.05, 4.69) is 20.1 Å². The largest absolute Gasteiger partial charge is 0.495 e. The van der Waals surface area contributed by atoms with E-state index in [-0.39, 0.29) is 22.9 Å². The molecule has 3 aromatic heterocycles. The Bertz CT molecular complexity index is 1990. The molecule has 0 radical (unpaired) electrons. The summed E-state index contributed by atoms with van der Waals surface area (Å²) in [6.07, 6.45) is 3.30. The lowest BCUT2D eigenvalue weighted by molar-refractivity contribution is 0.0518. The van der Waals surface area contributed by atoms with Crippen molar-refractivity contribution in [2.45, 2.75) is 11.8 Å². The van der Waals surface area contributed by atoms with Crippen molar-refractivity contribution in [1.82, 2.24) is 34.0 Å². The molecule has 1 saturated heterocycles. The molecule has 2 aromatic carbocycles. The van der Waals surface area contributed by atoms with Gasteiger partial charge in [0.05, 0.1) is 29.2 Å². The predicted octanol–water partition coefficient (Wildman–Crippen LogP) is 4.30. The third-order valence-corrected chi connectivity index (χ3v) is 9.82. The van der Waals surface area contributed by atoms with Crippen LogP contribution in [-0.2, 0) is 14.8 Å². The smallest absolute Gasteiger partial charge is 0.361 e. The third kappa shape index (κ3) is 5.75. The molecule has 14 heteroatoms. The minimum Gasteiger partial charge on any atom is -0.495 e. The number of sulfonamides is 1. The highest BCUT2D eigenvalue weighted by Gasteiger charge is 2.30. The van der Waals surface area contributed by atoms with E-state index < -0.39 is 16.0 Å². The number of piperazine rings is 1. The lowest BCUT2D eigenvalue weighted by Crippen LogP contribution is -2.47. The van der Waals surface area contributed by atoms with Crippen LogP contribution in [0.2, 0.25) is 5.02 Å². The number of fused-ring (bicyclic) bond motifs is 1. The Kier molecular flexibility index (Phi) is 8.51. The summed E-state index contributed by atoms with van der Waals surface area (Å²) in [5.41, 5.74) is 3.39. The molecule has 45 heavy (non-hydrogen) atoms. The highest BCUT2D eigenvalue weighted by atomic mass is 35.5. The van der Waals surface area contributed by atoms with Gasteiger partial charge in [0.1, 0.15) is 17.1 Å². The normalized spacial score (nSPS) is 14.5. The molecule has 0 N–H and O–H groups in total. The maximum Gasteiger partial charge on any atom is 0.361 e. The number of nitrogens with zero attached hydrogens (tertiary/aromatic N) is 7. The molecule has 0 atom stereocenters. The summed E-state index contributed by atoms with van der Waals surface area (Å²) in [5.74, 6) is -0.266. The first-order valence-corrected chi connectivity index (χ1v) is 16.0. The number of hydrogen-bond donors (Lipinski definition) is 0. The molecule has 0 bridgehead atoms. The number of rotatable bonds is 8. The van der Waals surface area contributed by atoms with Crippen LogP contribution in [-0.4, -0.2) is 95.3 Å². The quantitative estimate of drug-likeness (QED) is 0.225. The standard InChI is InChI=1S/C31H30ClN7O5S/c1-4-44-31(40)28-29(22-6-5-7-23(18-22)45(41,42)38-16-14-37(2)15-17-38)39-30(35-34-28)26(21-8-9-24(32)25(19-21)43-3)27(36-39)20-10-12-33-13-11-20/h5-13,18-19H,4,14-17H2,1-3H3. The Labute approximate surface area is 265 Å². The fraction of sp³-hybridized carbons (Fsp3) is 0.258. The van der Waals surface area contributed by atoms with Gasteiger partial charge in [0.15, 0.2) is 11.3 Å². The number of benzene rings is 2. The zero-order chi connectivity index (χ0) is 31.7. The van der Waals surface area contributed by atoms with Gasteiger partial charge in [-0.05, 0) is 55.9 Å². The van der Waals surface area contributed by atoms with E-state index in [0.717, 1.165) is 5.56 Å². The second-order valence-corrected chi connectivity index (χ2v) is 12.7. The summed E-state index contributed by atoms with van der Waals surface area (Å²) in [6.45, 7) is 3.80. The van der Waals surface area contributed by atoms with Gasteiger partial charge >= 0.3 is 5.97 Å². The molecule has 4 heterocycles. The van der Waals surface area contributed by atoms with Crippen molar-refractivity contribution in [1.29, 1.82) is 0 Å². The topological polar surface area (TPSA) is 132 Å². The average Bonchev–Trinajstić information content (AvgIpc) is 3.45. The van der Waals surface area contributed by atoms with Gasteiger partial charge in [-0.1, -0.05) is 29.8 Å².